The Morgan fingerprint density at radius 2 is 1.81 bits per heavy atom. The quantitative estimate of drug-likeness (QED) is 0.749. The van der Waals surface area contributed by atoms with Crippen LogP contribution >= 0.6 is 0 Å². The Bertz CT molecular complexity index is 622. The van der Waals surface area contributed by atoms with Gasteiger partial charge in [0.25, 0.3) is 0 Å². The number of benzene rings is 1. The van der Waals surface area contributed by atoms with E-state index in [4.69, 9.17) is 4.74 Å². The highest BCUT2D eigenvalue weighted by atomic mass is 16.5. The van der Waals surface area contributed by atoms with Crippen LogP contribution in [0.4, 0.5) is 0 Å². The van der Waals surface area contributed by atoms with Gasteiger partial charge in [0.2, 0.25) is 11.8 Å². The number of piperazine rings is 1. The zero-order valence-electron chi connectivity index (χ0n) is 16.4. The number of para-hydroxylation sites is 1. The van der Waals surface area contributed by atoms with Crippen molar-refractivity contribution in [3.8, 4) is 5.75 Å². The van der Waals surface area contributed by atoms with Gasteiger partial charge in [-0.25, -0.2) is 0 Å². The molecule has 0 atom stereocenters. The number of carbonyl (C=O) groups excluding carboxylic acids is 2. The lowest BCUT2D eigenvalue weighted by molar-refractivity contribution is -0.149. The number of methoxy groups -OCH3 is 1. The summed E-state index contributed by atoms with van der Waals surface area (Å²) >= 11 is 0. The van der Waals surface area contributed by atoms with Crippen LogP contribution in [-0.2, 0) is 16.0 Å². The van der Waals surface area contributed by atoms with Crippen molar-refractivity contribution in [2.24, 2.45) is 5.41 Å². The number of likely N-dealkylation sites (N-methyl/N-ethyl adjacent to an activating group) is 1. The molecule has 0 unspecified atom stereocenters. The first kappa shape index (κ1) is 20.2. The summed E-state index contributed by atoms with van der Waals surface area (Å²) in [5, 5.41) is 2.91. The Balaban J connectivity index is 1.88. The zero-order chi connectivity index (χ0) is 19.2. The summed E-state index contributed by atoms with van der Waals surface area (Å²) in [5.74, 6) is 0.490. The fraction of sp³-hybridized carbons (Fsp3) is 0.600. The number of rotatable bonds is 7. The van der Waals surface area contributed by atoms with E-state index in [2.05, 4.69) is 17.1 Å². The minimum absolute atomic E-state index is 0.0944. The van der Waals surface area contributed by atoms with Crippen LogP contribution < -0.4 is 10.1 Å². The van der Waals surface area contributed by atoms with Gasteiger partial charge >= 0.3 is 0 Å². The summed E-state index contributed by atoms with van der Waals surface area (Å²) in [4.78, 5) is 29.6. The third-order valence-electron chi connectivity index (χ3n) is 5.08. The molecule has 2 rings (SSSR count). The first-order valence-corrected chi connectivity index (χ1v) is 9.32. The lowest BCUT2D eigenvalue weighted by Crippen LogP contribution is -2.55. The number of hydrogen-bond acceptors (Lipinski definition) is 4. The fourth-order valence-corrected chi connectivity index (χ4v) is 3.20. The van der Waals surface area contributed by atoms with E-state index >= 15 is 0 Å². The molecular weight excluding hydrogens is 330 g/mol. The van der Waals surface area contributed by atoms with Gasteiger partial charge in [0.1, 0.15) is 11.2 Å². The van der Waals surface area contributed by atoms with Crippen molar-refractivity contribution in [2.75, 3.05) is 46.4 Å². The van der Waals surface area contributed by atoms with Crippen LogP contribution in [0.5, 0.6) is 5.75 Å². The molecule has 0 saturated carbocycles. The topological polar surface area (TPSA) is 61.9 Å². The second-order valence-corrected chi connectivity index (χ2v) is 7.17. The number of carbonyl (C=O) groups is 2. The van der Waals surface area contributed by atoms with Crippen molar-refractivity contribution in [1.29, 1.82) is 0 Å². The van der Waals surface area contributed by atoms with Gasteiger partial charge in [0, 0.05) is 32.7 Å². The van der Waals surface area contributed by atoms with Crippen LogP contribution in [0.25, 0.3) is 0 Å². The lowest BCUT2D eigenvalue weighted by atomic mass is 9.90. The average Bonchev–Trinajstić information content (AvgIpc) is 2.67. The lowest BCUT2D eigenvalue weighted by Gasteiger charge is -2.37. The summed E-state index contributed by atoms with van der Waals surface area (Å²) in [5.41, 5.74) is -0.0232. The Morgan fingerprint density at radius 1 is 1.15 bits per heavy atom. The van der Waals surface area contributed by atoms with Crippen molar-refractivity contribution >= 4 is 11.8 Å². The van der Waals surface area contributed by atoms with E-state index in [-0.39, 0.29) is 11.8 Å². The molecule has 1 saturated heterocycles. The van der Waals surface area contributed by atoms with E-state index < -0.39 is 5.41 Å². The molecule has 1 aliphatic rings. The molecule has 144 valence electrons. The maximum atomic E-state index is 12.8. The highest BCUT2D eigenvalue weighted by Gasteiger charge is 2.39. The Hall–Kier alpha value is -2.08. The second-order valence-electron chi connectivity index (χ2n) is 7.17. The van der Waals surface area contributed by atoms with Crippen LogP contribution in [0.2, 0.25) is 0 Å². The van der Waals surface area contributed by atoms with Gasteiger partial charge < -0.3 is 19.9 Å². The number of nitrogens with one attached hydrogen (secondary N) is 1. The molecule has 6 heteroatoms. The molecule has 1 aromatic rings. The van der Waals surface area contributed by atoms with E-state index in [1.165, 1.54) is 0 Å². The Kier molecular flexibility index (Phi) is 7.03. The van der Waals surface area contributed by atoms with Crippen molar-refractivity contribution in [3.63, 3.8) is 0 Å². The third-order valence-corrected chi connectivity index (χ3v) is 5.08. The molecule has 2 amide bonds. The number of ether oxygens (including phenoxy) is 1. The first-order valence-electron chi connectivity index (χ1n) is 9.32. The van der Waals surface area contributed by atoms with Gasteiger partial charge in [-0.2, -0.15) is 0 Å². The molecule has 1 fully saturated rings. The predicted octanol–water partition coefficient (Wildman–Crippen LogP) is 1.54. The van der Waals surface area contributed by atoms with Crippen LogP contribution in [-0.4, -0.2) is 68.0 Å². The number of hydrogen-bond donors (Lipinski definition) is 1. The largest absolute Gasteiger partial charge is 0.496 e. The van der Waals surface area contributed by atoms with E-state index in [1.807, 2.05) is 29.2 Å². The van der Waals surface area contributed by atoms with Gasteiger partial charge in [-0.1, -0.05) is 25.1 Å². The van der Waals surface area contributed by atoms with Gasteiger partial charge in [-0.05, 0) is 38.4 Å². The summed E-state index contributed by atoms with van der Waals surface area (Å²) in [7, 11) is 1.64. The summed E-state index contributed by atoms with van der Waals surface area (Å²) in [6.45, 7) is 10.1. The van der Waals surface area contributed by atoms with Crippen LogP contribution in [0, 0.1) is 5.41 Å². The molecule has 6 nitrogen and oxygen atoms in total. The smallest absolute Gasteiger partial charge is 0.237 e. The van der Waals surface area contributed by atoms with E-state index in [0.29, 0.717) is 26.1 Å². The molecule has 0 radical (unpaired) electrons. The average molecular weight is 361 g/mol. The molecule has 26 heavy (non-hydrogen) atoms. The minimum Gasteiger partial charge on any atom is -0.496 e. The van der Waals surface area contributed by atoms with Crippen molar-refractivity contribution in [3.05, 3.63) is 29.8 Å². The molecule has 0 spiro atoms. The second kappa shape index (κ2) is 9.03. The molecule has 1 aromatic carbocycles. The standard InChI is InChI=1S/C20H31N3O3/c1-5-22-12-14-23(15-13-22)19(25)20(2,3)18(24)21-11-10-16-8-6-7-9-17(16)26-4/h6-9H,5,10-15H2,1-4H3,(H,21,24). The van der Waals surface area contributed by atoms with Crippen LogP contribution in [0.1, 0.15) is 26.3 Å². The first-order chi connectivity index (χ1) is 12.4. The summed E-state index contributed by atoms with van der Waals surface area (Å²) in [6, 6.07) is 7.75. The van der Waals surface area contributed by atoms with Gasteiger partial charge in [0.15, 0.2) is 0 Å². The molecule has 0 bridgehead atoms. The van der Waals surface area contributed by atoms with Gasteiger partial charge in [-0.15, -0.1) is 0 Å². The minimum atomic E-state index is -1.06. The number of nitrogens with zero attached hydrogens (tertiary/aromatic N) is 2. The van der Waals surface area contributed by atoms with Crippen LogP contribution in [0.3, 0.4) is 0 Å². The summed E-state index contributed by atoms with van der Waals surface area (Å²) < 4.78 is 5.33. The van der Waals surface area contributed by atoms with E-state index in [1.54, 1.807) is 21.0 Å². The van der Waals surface area contributed by atoms with Crippen molar-refractivity contribution in [1.82, 2.24) is 15.1 Å². The number of amides is 2. The molecular formula is C20H31N3O3. The normalized spacial score (nSPS) is 15.6. The Morgan fingerprint density at radius 3 is 2.42 bits per heavy atom. The molecule has 1 aliphatic heterocycles. The van der Waals surface area contributed by atoms with Crippen molar-refractivity contribution < 1.29 is 14.3 Å². The van der Waals surface area contributed by atoms with Gasteiger partial charge in [0.05, 0.1) is 7.11 Å². The van der Waals surface area contributed by atoms with Gasteiger partial charge in [-0.3, -0.25) is 9.59 Å². The molecule has 0 aromatic heterocycles. The predicted molar refractivity (Wildman–Crippen MR) is 102 cm³/mol. The zero-order valence-corrected chi connectivity index (χ0v) is 16.4. The SMILES string of the molecule is CCN1CCN(C(=O)C(C)(C)C(=O)NCCc2ccccc2OC)CC1. The summed E-state index contributed by atoms with van der Waals surface area (Å²) in [6.07, 6.45) is 0.662. The van der Waals surface area contributed by atoms with Crippen molar-refractivity contribution in [2.45, 2.75) is 27.2 Å². The fourth-order valence-electron chi connectivity index (χ4n) is 3.20. The molecule has 1 heterocycles. The monoisotopic (exact) mass is 361 g/mol. The highest BCUT2D eigenvalue weighted by Crippen LogP contribution is 2.21. The third kappa shape index (κ3) is 4.75. The van der Waals surface area contributed by atoms with E-state index in [9.17, 15) is 9.59 Å². The highest BCUT2D eigenvalue weighted by molar-refractivity contribution is 6.04. The Labute approximate surface area is 156 Å². The van der Waals surface area contributed by atoms with E-state index in [0.717, 1.165) is 30.9 Å². The maximum absolute atomic E-state index is 12.8. The molecule has 1 N–H and O–H groups in total. The van der Waals surface area contributed by atoms with Crippen LogP contribution in [0.15, 0.2) is 24.3 Å². The maximum Gasteiger partial charge on any atom is 0.237 e. The molecule has 0 aliphatic carbocycles.